The Morgan fingerprint density at radius 1 is 1.50 bits per heavy atom. The van der Waals surface area contributed by atoms with Crippen molar-refractivity contribution in [2.45, 2.75) is 25.9 Å². The van der Waals surface area contributed by atoms with Gasteiger partial charge < -0.3 is 15.5 Å². The lowest BCUT2D eigenvalue weighted by Gasteiger charge is -2.05. The van der Waals surface area contributed by atoms with E-state index in [1.807, 2.05) is 0 Å². The zero-order chi connectivity index (χ0) is 9.56. The highest BCUT2D eigenvalue weighted by Gasteiger charge is 2.12. The summed E-state index contributed by atoms with van der Waals surface area (Å²) in [5, 5.41) is 19.5. The van der Waals surface area contributed by atoms with Gasteiger partial charge in [-0.1, -0.05) is 6.92 Å². The second kappa shape index (κ2) is 5.54. The van der Waals surface area contributed by atoms with Crippen LogP contribution < -0.4 is 5.32 Å². The largest absolute Gasteiger partial charge is 0.479 e. The van der Waals surface area contributed by atoms with E-state index in [2.05, 4.69) is 5.32 Å². The SMILES string of the molecule is CCC(=O)NCC[C@H](O)C(=O)O. The third-order valence-corrected chi connectivity index (χ3v) is 1.35. The number of carbonyl (C=O) groups is 2. The second-order valence-electron chi connectivity index (χ2n) is 2.35. The molecular formula is C7H13NO4. The lowest BCUT2D eigenvalue weighted by atomic mass is 10.2. The van der Waals surface area contributed by atoms with Crippen molar-refractivity contribution in [2.24, 2.45) is 0 Å². The first-order valence-electron chi connectivity index (χ1n) is 3.75. The van der Waals surface area contributed by atoms with Gasteiger partial charge in [0.1, 0.15) is 0 Å². The molecule has 12 heavy (non-hydrogen) atoms. The van der Waals surface area contributed by atoms with Crippen molar-refractivity contribution < 1.29 is 19.8 Å². The van der Waals surface area contributed by atoms with Crippen LogP contribution in [-0.2, 0) is 9.59 Å². The van der Waals surface area contributed by atoms with Crippen molar-refractivity contribution in [1.29, 1.82) is 0 Å². The minimum Gasteiger partial charge on any atom is -0.479 e. The highest BCUT2D eigenvalue weighted by Crippen LogP contribution is 1.89. The van der Waals surface area contributed by atoms with E-state index in [9.17, 15) is 9.59 Å². The van der Waals surface area contributed by atoms with Crippen LogP contribution in [0.3, 0.4) is 0 Å². The van der Waals surface area contributed by atoms with Crippen molar-refractivity contribution in [3.05, 3.63) is 0 Å². The molecule has 5 heteroatoms. The summed E-state index contributed by atoms with van der Waals surface area (Å²) in [5.41, 5.74) is 0. The van der Waals surface area contributed by atoms with Gasteiger partial charge in [-0.3, -0.25) is 4.79 Å². The molecule has 0 aromatic heterocycles. The second-order valence-corrected chi connectivity index (χ2v) is 2.35. The molecule has 0 heterocycles. The zero-order valence-corrected chi connectivity index (χ0v) is 6.91. The number of carboxylic acids is 1. The number of carboxylic acid groups (broad SMARTS) is 1. The summed E-state index contributed by atoms with van der Waals surface area (Å²) in [6.07, 6.45) is -0.980. The third kappa shape index (κ3) is 4.68. The van der Waals surface area contributed by atoms with Crippen molar-refractivity contribution in [1.82, 2.24) is 5.32 Å². The van der Waals surface area contributed by atoms with Crippen LogP contribution in [0, 0.1) is 0 Å². The van der Waals surface area contributed by atoms with Crippen LogP contribution in [0.1, 0.15) is 19.8 Å². The van der Waals surface area contributed by atoms with E-state index in [1.165, 1.54) is 0 Å². The summed E-state index contributed by atoms with van der Waals surface area (Å²) in [5.74, 6) is -1.41. The molecule has 0 aromatic rings. The van der Waals surface area contributed by atoms with Gasteiger partial charge in [-0.25, -0.2) is 4.79 Å². The Bertz CT molecular complexity index is 169. The summed E-state index contributed by atoms with van der Waals surface area (Å²) in [7, 11) is 0. The molecule has 0 unspecified atom stereocenters. The molecule has 1 amide bonds. The molecule has 0 aromatic carbocycles. The van der Waals surface area contributed by atoms with E-state index >= 15 is 0 Å². The van der Waals surface area contributed by atoms with Crippen molar-refractivity contribution in [2.75, 3.05) is 6.54 Å². The first-order chi connectivity index (χ1) is 5.57. The number of carbonyl (C=O) groups excluding carboxylic acids is 1. The number of hydrogen-bond acceptors (Lipinski definition) is 3. The number of rotatable bonds is 5. The molecule has 0 fully saturated rings. The Balaban J connectivity index is 3.43. The molecule has 3 N–H and O–H groups in total. The van der Waals surface area contributed by atoms with Gasteiger partial charge in [0.25, 0.3) is 0 Å². The molecule has 0 aliphatic heterocycles. The van der Waals surface area contributed by atoms with Crippen molar-refractivity contribution in [3.8, 4) is 0 Å². The van der Waals surface area contributed by atoms with Crippen LogP contribution in [0.2, 0.25) is 0 Å². The topological polar surface area (TPSA) is 86.6 Å². The Kier molecular flexibility index (Phi) is 5.03. The predicted octanol–water partition coefficient (Wildman–Crippen LogP) is -0.652. The summed E-state index contributed by atoms with van der Waals surface area (Å²) in [4.78, 5) is 20.7. The number of hydrogen-bond donors (Lipinski definition) is 3. The molecule has 0 saturated carbocycles. The fourth-order valence-corrected chi connectivity index (χ4v) is 0.597. The number of aliphatic hydroxyl groups excluding tert-OH is 1. The molecule has 0 rings (SSSR count). The number of aliphatic carboxylic acids is 1. The summed E-state index contributed by atoms with van der Waals surface area (Å²) >= 11 is 0. The van der Waals surface area contributed by atoms with Gasteiger partial charge in [0, 0.05) is 19.4 Å². The summed E-state index contributed by atoms with van der Waals surface area (Å²) in [6, 6.07) is 0. The lowest BCUT2D eigenvalue weighted by molar-refractivity contribution is -0.147. The smallest absolute Gasteiger partial charge is 0.332 e. The molecule has 0 saturated heterocycles. The van der Waals surface area contributed by atoms with Crippen LogP contribution in [-0.4, -0.2) is 34.7 Å². The van der Waals surface area contributed by atoms with E-state index in [-0.39, 0.29) is 18.9 Å². The average molecular weight is 175 g/mol. The fourth-order valence-electron chi connectivity index (χ4n) is 0.597. The Hall–Kier alpha value is -1.10. The van der Waals surface area contributed by atoms with Crippen LogP contribution in [0.5, 0.6) is 0 Å². The first kappa shape index (κ1) is 10.9. The maximum Gasteiger partial charge on any atom is 0.332 e. The van der Waals surface area contributed by atoms with Crippen LogP contribution >= 0.6 is 0 Å². The molecule has 0 spiro atoms. The molecule has 0 aliphatic carbocycles. The van der Waals surface area contributed by atoms with Crippen molar-refractivity contribution in [3.63, 3.8) is 0 Å². The van der Waals surface area contributed by atoms with Crippen molar-refractivity contribution >= 4 is 11.9 Å². The number of nitrogens with one attached hydrogen (secondary N) is 1. The molecule has 5 nitrogen and oxygen atoms in total. The quantitative estimate of drug-likeness (QED) is 0.518. The molecule has 0 bridgehead atoms. The van der Waals surface area contributed by atoms with Gasteiger partial charge in [-0.2, -0.15) is 0 Å². The maximum atomic E-state index is 10.6. The van der Waals surface area contributed by atoms with E-state index in [1.54, 1.807) is 6.92 Å². The van der Waals surface area contributed by atoms with E-state index in [4.69, 9.17) is 10.2 Å². The molecule has 70 valence electrons. The third-order valence-electron chi connectivity index (χ3n) is 1.35. The molecule has 1 atom stereocenters. The highest BCUT2D eigenvalue weighted by atomic mass is 16.4. The number of amides is 1. The minimum absolute atomic E-state index is 0.0427. The standard InChI is InChI=1S/C7H13NO4/c1-2-6(10)8-4-3-5(9)7(11)12/h5,9H,2-4H2,1H3,(H,8,10)(H,11,12)/t5-/m0/s1. The molecule has 0 aliphatic rings. The minimum atomic E-state index is -1.39. The predicted molar refractivity (Wildman–Crippen MR) is 41.6 cm³/mol. The zero-order valence-electron chi connectivity index (χ0n) is 6.91. The van der Waals surface area contributed by atoms with Crippen LogP contribution in [0.25, 0.3) is 0 Å². The normalized spacial score (nSPS) is 12.2. The van der Waals surface area contributed by atoms with Gasteiger partial charge in [0.15, 0.2) is 6.10 Å². The van der Waals surface area contributed by atoms with Gasteiger partial charge in [-0.05, 0) is 0 Å². The Morgan fingerprint density at radius 2 is 2.08 bits per heavy atom. The maximum absolute atomic E-state index is 10.6. The summed E-state index contributed by atoms with van der Waals surface area (Å²) < 4.78 is 0. The van der Waals surface area contributed by atoms with E-state index in [0.29, 0.717) is 6.42 Å². The monoisotopic (exact) mass is 175 g/mol. The van der Waals surface area contributed by atoms with Crippen LogP contribution in [0.4, 0.5) is 0 Å². The van der Waals surface area contributed by atoms with Gasteiger partial charge in [0.2, 0.25) is 5.91 Å². The molecule has 0 radical (unpaired) electrons. The van der Waals surface area contributed by atoms with Crippen LogP contribution in [0.15, 0.2) is 0 Å². The van der Waals surface area contributed by atoms with Gasteiger partial charge in [0.05, 0.1) is 0 Å². The van der Waals surface area contributed by atoms with Gasteiger partial charge >= 0.3 is 5.97 Å². The molecular weight excluding hydrogens is 162 g/mol. The Morgan fingerprint density at radius 3 is 2.50 bits per heavy atom. The van der Waals surface area contributed by atoms with E-state index in [0.717, 1.165) is 0 Å². The number of aliphatic hydroxyl groups is 1. The van der Waals surface area contributed by atoms with E-state index < -0.39 is 12.1 Å². The highest BCUT2D eigenvalue weighted by molar-refractivity contribution is 5.75. The lowest BCUT2D eigenvalue weighted by Crippen LogP contribution is -2.29. The summed E-state index contributed by atoms with van der Waals surface area (Å²) in [6.45, 7) is 1.89. The Labute approximate surface area is 70.4 Å². The fraction of sp³-hybridized carbons (Fsp3) is 0.714. The first-order valence-corrected chi connectivity index (χ1v) is 3.75. The van der Waals surface area contributed by atoms with Gasteiger partial charge in [-0.15, -0.1) is 0 Å². The average Bonchev–Trinajstić information content (AvgIpc) is 2.03.